The zero-order chi connectivity index (χ0) is 17.1. The zero-order valence-electron chi connectivity index (χ0n) is 14.3. The molecule has 1 aliphatic rings. The van der Waals surface area contributed by atoms with Crippen LogP contribution in [-0.4, -0.2) is 41.4 Å². The second kappa shape index (κ2) is 7.80. The monoisotopic (exact) mass is 365 g/mol. The Bertz CT molecular complexity index is 745. The van der Waals surface area contributed by atoms with Crippen LogP contribution in [0.5, 0.6) is 0 Å². The highest BCUT2D eigenvalue weighted by Gasteiger charge is 2.21. The average molecular weight is 366 g/mol. The third kappa shape index (κ3) is 3.90. The number of aromatic nitrogens is 2. The molecule has 0 saturated carbocycles. The Labute approximate surface area is 150 Å². The van der Waals surface area contributed by atoms with Crippen molar-refractivity contribution in [2.75, 3.05) is 19.5 Å². The van der Waals surface area contributed by atoms with Gasteiger partial charge in [-0.3, -0.25) is 4.79 Å². The first-order valence-corrected chi connectivity index (χ1v) is 10.1. The van der Waals surface area contributed by atoms with Crippen LogP contribution in [-0.2, 0) is 22.4 Å². The molecule has 7 heteroatoms. The molecule has 2 aromatic heterocycles. The number of fused-ring (bicyclic) bond motifs is 3. The molecule has 24 heavy (non-hydrogen) atoms. The Hall–Kier alpha value is -1.18. The van der Waals surface area contributed by atoms with Gasteiger partial charge in [0, 0.05) is 23.4 Å². The van der Waals surface area contributed by atoms with Crippen molar-refractivity contribution in [3.05, 3.63) is 16.3 Å². The molecule has 0 aliphatic heterocycles. The van der Waals surface area contributed by atoms with Crippen LogP contribution in [0.2, 0.25) is 0 Å². The minimum absolute atomic E-state index is 0.0121. The SMILES string of the molecule is COC[C@@H](C)NC(=O)CSc1nc(C)nc2sc3c(c12)CCCC3. The van der Waals surface area contributed by atoms with Crippen molar-refractivity contribution in [3.63, 3.8) is 0 Å². The van der Waals surface area contributed by atoms with Crippen molar-refractivity contribution in [1.82, 2.24) is 15.3 Å². The number of nitrogens with one attached hydrogen (secondary N) is 1. The van der Waals surface area contributed by atoms with Crippen LogP contribution in [0.1, 0.15) is 36.0 Å². The molecule has 0 saturated heterocycles. The predicted octanol–water partition coefficient (Wildman–Crippen LogP) is 3.12. The van der Waals surface area contributed by atoms with Crippen molar-refractivity contribution in [2.45, 2.75) is 50.6 Å². The fraction of sp³-hybridized carbons (Fsp3) is 0.588. The molecular weight excluding hydrogens is 342 g/mol. The van der Waals surface area contributed by atoms with Gasteiger partial charge < -0.3 is 10.1 Å². The molecule has 5 nitrogen and oxygen atoms in total. The molecule has 1 N–H and O–H groups in total. The molecule has 0 aromatic carbocycles. The van der Waals surface area contributed by atoms with E-state index in [0.717, 1.165) is 28.5 Å². The molecule has 0 unspecified atom stereocenters. The van der Waals surface area contributed by atoms with E-state index in [-0.39, 0.29) is 11.9 Å². The van der Waals surface area contributed by atoms with Gasteiger partial charge in [-0.15, -0.1) is 11.3 Å². The molecule has 130 valence electrons. The Morgan fingerprint density at radius 3 is 2.96 bits per heavy atom. The van der Waals surface area contributed by atoms with E-state index in [4.69, 9.17) is 4.74 Å². The summed E-state index contributed by atoms with van der Waals surface area (Å²) in [7, 11) is 1.64. The van der Waals surface area contributed by atoms with Crippen LogP contribution in [0.25, 0.3) is 10.2 Å². The topological polar surface area (TPSA) is 64.1 Å². The number of hydrogen-bond donors (Lipinski definition) is 1. The lowest BCUT2D eigenvalue weighted by Crippen LogP contribution is -2.36. The molecule has 3 rings (SSSR count). The second-order valence-electron chi connectivity index (χ2n) is 6.18. The Morgan fingerprint density at radius 1 is 1.38 bits per heavy atom. The first-order valence-electron chi connectivity index (χ1n) is 8.28. The number of rotatable bonds is 6. The van der Waals surface area contributed by atoms with Gasteiger partial charge in [0.1, 0.15) is 15.7 Å². The number of carbonyl (C=O) groups excluding carboxylic acids is 1. The summed E-state index contributed by atoms with van der Waals surface area (Å²) in [4.78, 5) is 23.9. The Morgan fingerprint density at radius 2 is 2.17 bits per heavy atom. The minimum Gasteiger partial charge on any atom is -0.383 e. The number of nitrogens with zero attached hydrogens (tertiary/aromatic N) is 2. The molecule has 1 atom stereocenters. The second-order valence-corrected chi connectivity index (χ2v) is 8.23. The number of aryl methyl sites for hydroxylation is 3. The van der Waals surface area contributed by atoms with E-state index in [1.54, 1.807) is 18.4 Å². The van der Waals surface area contributed by atoms with Crippen LogP contribution >= 0.6 is 23.1 Å². The highest BCUT2D eigenvalue weighted by molar-refractivity contribution is 8.00. The van der Waals surface area contributed by atoms with Crippen molar-refractivity contribution < 1.29 is 9.53 Å². The highest BCUT2D eigenvalue weighted by Crippen LogP contribution is 2.39. The first kappa shape index (κ1) is 17.6. The molecule has 2 heterocycles. The average Bonchev–Trinajstić information content (AvgIpc) is 2.90. The summed E-state index contributed by atoms with van der Waals surface area (Å²) >= 11 is 3.31. The smallest absolute Gasteiger partial charge is 0.230 e. The highest BCUT2D eigenvalue weighted by atomic mass is 32.2. The lowest BCUT2D eigenvalue weighted by molar-refractivity contribution is -0.119. The van der Waals surface area contributed by atoms with Gasteiger partial charge in [0.25, 0.3) is 0 Å². The lowest BCUT2D eigenvalue weighted by atomic mass is 9.97. The van der Waals surface area contributed by atoms with E-state index in [1.165, 1.54) is 40.4 Å². The van der Waals surface area contributed by atoms with Crippen LogP contribution in [0.3, 0.4) is 0 Å². The van der Waals surface area contributed by atoms with Gasteiger partial charge in [-0.05, 0) is 45.1 Å². The summed E-state index contributed by atoms with van der Waals surface area (Å²) in [5, 5.41) is 5.08. The van der Waals surface area contributed by atoms with E-state index in [0.29, 0.717) is 12.4 Å². The minimum atomic E-state index is 0.0121. The van der Waals surface area contributed by atoms with Crippen molar-refractivity contribution in [3.8, 4) is 0 Å². The van der Waals surface area contributed by atoms with E-state index in [2.05, 4.69) is 15.3 Å². The van der Waals surface area contributed by atoms with Crippen LogP contribution < -0.4 is 5.32 Å². The molecular formula is C17H23N3O2S2. The van der Waals surface area contributed by atoms with Crippen LogP contribution in [0, 0.1) is 6.92 Å². The largest absolute Gasteiger partial charge is 0.383 e. The lowest BCUT2D eigenvalue weighted by Gasteiger charge is -2.13. The summed E-state index contributed by atoms with van der Waals surface area (Å²) in [6.45, 7) is 4.38. The van der Waals surface area contributed by atoms with Crippen LogP contribution in [0.4, 0.5) is 0 Å². The fourth-order valence-electron chi connectivity index (χ4n) is 3.07. The molecule has 0 spiro atoms. The number of carbonyl (C=O) groups is 1. The van der Waals surface area contributed by atoms with Gasteiger partial charge >= 0.3 is 0 Å². The summed E-state index contributed by atoms with van der Waals surface area (Å²) in [5.74, 6) is 1.15. The summed E-state index contributed by atoms with van der Waals surface area (Å²) < 4.78 is 5.05. The predicted molar refractivity (Wildman–Crippen MR) is 99.0 cm³/mol. The molecule has 0 bridgehead atoms. The zero-order valence-corrected chi connectivity index (χ0v) is 16.0. The molecule has 0 fully saturated rings. The standard InChI is InChI=1S/C17H23N3O2S2/c1-10(8-22-3)18-14(21)9-23-16-15-12-6-4-5-7-13(12)24-17(15)20-11(2)19-16/h10H,4-9H2,1-3H3,(H,18,21)/t10-/m1/s1. The number of thiophene rings is 1. The van der Waals surface area contributed by atoms with Gasteiger partial charge in [0.2, 0.25) is 5.91 Å². The normalized spacial score (nSPS) is 15.3. The number of hydrogen-bond acceptors (Lipinski definition) is 6. The van der Waals surface area contributed by atoms with Gasteiger partial charge in [-0.1, -0.05) is 11.8 Å². The quantitative estimate of drug-likeness (QED) is 0.629. The number of amides is 1. The number of thioether (sulfide) groups is 1. The van der Waals surface area contributed by atoms with Crippen molar-refractivity contribution in [2.24, 2.45) is 0 Å². The summed E-state index contributed by atoms with van der Waals surface area (Å²) in [6.07, 6.45) is 4.74. The molecule has 0 radical (unpaired) electrons. The molecule has 1 amide bonds. The molecule has 1 aliphatic carbocycles. The Kier molecular flexibility index (Phi) is 5.73. The third-order valence-corrected chi connectivity index (χ3v) is 6.22. The summed E-state index contributed by atoms with van der Waals surface area (Å²) in [5.41, 5.74) is 1.41. The van der Waals surface area contributed by atoms with E-state index >= 15 is 0 Å². The maximum atomic E-state index is 12.1. The Balaban J connectivity index is 1.79. The van der Waals surface area contributed by atoms with Gasteiger partial charge in [-0.2, -0.15) is 0 Å². The number of methoxy groups -OCH3 is 1. The summed E-state index contributed by atoms with van der Waals surface area (Å²) in [6, 6.07) is 0.0177. The fourth-order valence-corrected chi connectivity index (χ4v) is 5.36. The van der Waals surface area contributed by atoms with Crippen molar-refractivity contribution >= 4 is 39.2 Å². The van der Waals surface area contributed by atoms with Crippen LogP contribution in [0.15, 0.2) is 5.03 Å². The van der Waals surface area contributed by atoms with E-state index < -0.39 is 0 Å². The van der Waals surface area contributed by atoms with Gasteiger partial charge in [-0.25, -0.2) is 9.97 Å². The van der Waals surface area contributed by atoms with E-state index in [1.807, 2.05) is 13.8 Å². The number of ether oxygens (including phenoxy) is 1. The van der Waals surface area contributed by atoms with Crippen molar-refractivity contribution in [1.29, 1.82) is 0 Å². The maximum Gasteiger partial charge on any atom is 0.230 e. The van der Waals surface area contributed by atoms with Gasteiger partial charge in [0.15, 0.2) is 0 Å². The maximum absolute atomic E-state index is 12.1. The molecule has 2 aromatic rings. The first-order chi connectivity index (χ1) is 11.6. The third-order valence-electron chi connectivity index (χ3n) is 4.06. The van der Waals surface area contributed by atoms with Gasteiger partial charge in [0.05, 0.1) is 12.4 Å². The van der Waals surface area contributed by atoms with E-state index in [9.17, 15) is 4.79 Å².